The summed E-state index contributed by atoms with van der Waals surface area (Å²) < 4.78 is 5.13. The Hall–Kier alpha value is -1.88. The Balaban J connectivity index is 0.00000364. The lowest BCUT2D eigenvalue weighted by Gasteiger charge is -2.12. The third-order valence-corrected chi connectivity index (χ3v) is 4.42. The zero-order chi connectivity index (χ0) is 18.8. The van der Waals surface area contributed by atoms with Crippen LogP contribution in [0.2, 0.25) is 0 Å². The van der Waals surface area contributed by atoms with Crippen molar-refractivity contribution in [2.75, 3.05) is 33.8 Å². The maximum Gasteiger partial charge on any atom is 0.251 e. The van der Waals surface area contributed by atoms with Gasteiger partial charge < -0.3 is 20.7 Å². The molecule has 1 amide bonds. The van der Waals surface area contributed by atoms with Crippen molar-refractivity contribution in [1.82, 2.24) is 20.9 Å². The number of rotatable bonds is 8. The topological polar surface area (TPSA) is 87.6 Å². The zero-order valence-corrected chi connectivity index (χ0v) is 18.9. The van der Waals surface area contributed by atoms with E-state index in [9.17, 15) is 4.79 Å². The average Bonchev–Trinajstić information content (AvgIpc) is 3.08. The molecule has 0 saturated carbocycles. The molecule has 0 fully saturated rings. The first-order valence-corrected chi connectivity index (χ1v) is 9.28. The lowest BCUT2D eigenvalue weighted by molar-refractivity contribution is 0.0954. The van der Waals surface area contributed by atoms with Gasteiger partial charge in [-0.2, -0.15) is 0 Å². The number of benzene rings is 1. The molecule has 0 unspecified atom stereocenters. The number of hydrogen-bond donors (Lipinski definition) is 3. The number of nitrogens with zero attached hydrogens (tertiary/aromatic N) is 2. The van der Waals surface area contributed by atoms with Gasteiger partial charge in [-0.25, -0.2) is 4.98 Å². The number of guanidine groups is 1. The van der Waals surface area contributed by atoms with Crippen molar-refractivity contribution in [2.45, 2.75) is 13.3 Å². The molecule has 0 aliphatic carbocycles. The van der Waals surface area contributed by atoms with Crippen LogP contribution in [0.15, 0.2) is 34.6 Å². The summed E-state index contributed by atoms with van der Waals surface area (Å²) in [5.41, 5.74) is 1.66. The first-order chi connectivity index (χ1) is 12.6. The predicted molar refractivity (Wildman–Crippen MR) is 121 cm³/mol. The lowest BCUT2D eigenvalue weighted by atomic mass is 10.2. The van der Waals surface area contributed by atoms with Gasteiger partial charge >= 0.3 is 0 Å². The summed E-state index contributed by atoms with van der Waals surface area (Å²) in [5.74, 6) is 1.23. The van der Waals surface area contributed by atoms with Gasteiger partial charge in [-0.05, 0) is 25.1 Å². The standard InChI is InChI=1S/C18H25N5O2S.HI/c1-13-23-15(12-26-13)7-8-21-18(19-2)22-10-9-20-17(24)14-5-4-6-16(11-14)25-3;/h4-6,11-12H,7-10H2,1-3H3,(H,20,24)(H2,19,21,22);1H. The van der Waals surface area contributed by atoms with Crippen molar-refractivity contribution >= 4 is 47.2 Å². The molecule has 1 heterocycles. The smallest absolute Gasteiger partial charge is 0.251 e. The highest BCUT2D eigenvalue weighted by Crippen LogP contribution is 2.12. The SMILES string of the molecule is CN=C(NCCNC(=O)c1cccc(OC)c1)NCCc1csc(C)n1.I. The molecule has 7 nitrogen and oxygen atoms in total. The van der Waals surface area contributed by atoms with Gasteiger partial charge in [0.05, 0.1) is 17.8 Å². The Morgan fingerprint density at radius 3 is 2.63 bits per heavy atom. The molecule has 0 saturated heterocycles. The molecule has 0 aliphatic heterocycles. The lowest BCUT2D eigenvalue weighted by Crippen LogP contribution is -2.42. The van der Waals surface area contributed by atoms with E-state index < -0.39 is 0 Å². The summed E-state index contributed by atoms with van der Waals surface area (Å²) in [6.45, 7) is 3.81. The van der Waals surface area contributed by atoms with Gasteiger partial charge in [0.15, 0.2) is 5.96 Å². The van der Waals surface area contributed by atoms with Crippen molar-refractivity contribution in [1.29, 1.82) is 0 Å². The molecule has 148 valence electrons. The van der Waals surface area contributed by atoms with Crippen LogP contribution in [0.5, 0.6) is 5.75 Å². The molecule has 3 N–H and O–H groups in total. The second kappa shape index (κ2) is 12.5. The molecule has 0 bridgehead atoms. The van der Waals surface area contributed by atoms with E-state index in [0.717, 1.165) is 23.7 Å². The van der Waals surface area contributed by atoms with Crippen molar-refractivity contribution in [3.63, 3.8) is 0 Å². The van der Waals surface area contributed by atoms with Crippen LogP contribution in [0.3, 0.4) is 0 Å². The van der Waals surface area contributed by atoms with Crippen LogP contribution in [-0.4, -0.2) is 50.6 Å². The Labute approximate surface area is 181 Å². The Morgan fingerprint density at radius 2 is 1.96 bits per heavy atom. The molecule has 0 spiro atoms. The van der Waals surface area contributed by atoms with Gasteiger partial charge in [0.2, 0.25) is 0 Å². The normalized spacial score (nSPS) is 10.7. The minimum atomic E-state index is -0.132. The molecule has 0 radical (unpaired) electrons. The van der Waals surface area contributed by atoms with Crippen LogP contribution in [-0.2, 0) is 6.42 Å². The second-order valence-corrected chi connectivity index (χ2v) is 6.58. The van der Waals surface area contributed by atoms with Crippen molar-refractivity contribution in [3.8, 4) is 5.75 Å². The number of ether oxygens (including phenoxy) is 1. The molecular weight excluding hydrogens is 477 g/mol. The van der Waals surface area contributed by atoms with Gasteiger partial charge in [0.1, 0.15) is 5.75 Å². The molecule has 1 aromatic carbocycles. The van der Waals surface area contributed by atoms with Crippen LogP contribution >= 0.6 is 35.3 Å². The number of methoxy groups -OCH3 is 1. The second-order valence-electron chi connectivity index (χ2n) is 5.52. The number of thiazole rings is 1. The number of amides is 1. The van der Waals surface area contributed by atoms with Gasteiger partial charge in [0.25, 0.3) is 5.91 Å². The summed E-state index contributed by atoms with van der Waals surface area (Å²) in [5, 5.41) is 12.4. The van der Waals surface area contributed by atoms with E-state index in [4.69, 9.17) is 4.74 Å². The Morgan fingerprint density at radius 1 is 1.22 bits per heavy atom. The van der Waals surface area contributed by atoms with Crippen molar-refractivity contribution < 1.29 is 9.53 Å². The average molecular weight is 503 g/mol. The molecule has 27 heavy (non-hydrogen) atoms. The predicted octanol–water partition coefficient (Wildman–Crippen LogP) is 2.22. The summed E-state index contributed by atoms with van der Waals surface area (Å²) in [7, 11) is 3.30. The molecule has 2 aromatic rings. The largest absolute Gasteiger partial charge is 0.497 e. The van der Waals surface area contributed by atoms with Crippen LogP contribution in [0.4, 0.5) is 0 Å². The van der Waals surface area contributed by atoms with E-state index in [1.165, 1.54) is 0 Å². The number of halogens is 1. The van der Waals surface area contributed by atoms with Crippen LogP contribution in [0, 0.1) is 6.92 Å². The van der Waals surface area contributed by atoms with Gasteiger partial charge in [-0.3, -0.25) is 9.79 Å². The minimum absolute atomic E-state index is 0. The fraction of sp³-hybridized carbons (Fsp3) is 0.389. The highest BCUT2D eigenvalue weighted by Gasteiger charge is 2.06. The fourth-order valence-electron chi connectivity index (χ4n) is 2.28. The van der Waals surface area contributed by atoms with E-state index >= 15 is 0 Å². The third kappa shape index (κ3) is 8.12. The number of nitrogens with one attached hydrogen (secondary N) is 3. The summed E-state index contributed by atoms with van der Waals surface area (Å²) in [4.78, 5) is 20.7. The molecule has 1 aromatic heterocycles. The Kier molecular flexibility index (Phi) is 10.7. The molecular formula is C18H26IN5O2S. The zero-order valence-electron chi connectivity index (χ0n) is 15.7. The van der Waals surface area contributed by atoms with Crippen molar-refractivity contribution in [2.24, 2.45) is 4.99 Å². The highest BCUT2D eigenvalue weighted by atomic mass is 127. The maximum atomic E-state index is 12.1. The van der Waals surface area contributed by atoms with Gasteiger partial charge in [-0.1, -0.05) is 6.07 Å². The first-order valence-electron chi connectivity index (χ1n) is 8.40. The molecule has 0 aliphatic rings. The number of carbonyl (C=O) groups excluding carboxylic acids is 1. The van der Waals surface area contributed by atoms with Crippen LogP contribution in [0.25, 0.3) is 0 Å². The van der Waals surface area contributed by atoms with E-state index in [2.05, 4.69) is 31.3 Å². The maximum absolute atomic E-state index is 12.1. The summed E-state index contributed by atoms with van der Waals surface area (Å²) >= 11 is 1.66. The fourth-order valence-corrected chi connectivity index (χ4v) is 2.92. The number of carbonyl (C=O) groups is 1. The van der Waals surface area contributed by atoms with Gasteiger partial charge in [0, 0.05) is 44.0 Å². The van der Waals surface area contributed by atoms with Crippen LogP contribution < -0.4 is 20.7 Å². The molecule has 9 heteroatoms. The van der Waals surface area contributed by atoms with E-state index in [-0.39, 0.29) is 29.9 Å². The van der Waals surface area contributed by atoms with Gasteiger partial charge in [-0.15, -0.1) is 35.3 Å². The van der Waals surface area contributed by atoms with Crippen LogP contribution in [0.1, 0.15) is 21.1 Å². The number of hydrogen-bond acceptors (Lipinski definition) is 5. The monoisotopic (exact) mass is 503 g/mol. The number of aliphatic imine (C=N–C) groups is 1. The van der Waals surface area contributed by atoms with E-state index in [1.54, 1.807) is 49.8 Å². The Bertz CT molecular complexity index is 751. The third-order valence-electron chi connectivity index (χ3n) is 3.60. The minimum Gasteiger partial charge on any atom is -0.497 e. The summed E-state index contributed by atoms with van der Waals surface area (Å²) in [6.07, 6.45) is 0.845. The van der Waals surface area contributed by atoms with Crippen molar-refractivity contribution in [3.05, 3.63) is 45.9 Å². The summed E-state index contributed by atoms with van der Waals surface area (Å²) in [6, 6.07) is 7.07. The van der Waals surface area contributed by atoms with E-state index in [0.29, 0.717) is 30.4 Å². The quantitative estimate of drug-likeness (QED) is 0.223. The molecule has 2 rings (SSSR count). The van der Waals surface area contributed by atoms with E-state index in [1.807, 2.05) is 6.92 Å². The first kappa shape index (κ1) is 23.2. The highest BCUT2D eigenvalue weighted by molar-refractivity contribution is 14.0. The molecule has 0 atom stereocenters. The number of aromatic nitrogens is 1. The number of aryl methyl sites for hydroxylation is 1.